The number of piperazine rings is 1. The number of nitrogens with zero attached hydrogens (tertiary/aromatic N) is 3. The van der Waals surface area contributed by atoms with Crippen molar-refractivity contribution in [2.24, 2.45) is 0 Å². The third-order valence-electron chi connectivity index (χ3n) is 6.87. The summed E-state index contributed by atoms with van der Waals surface area (Å²) < 4.78 is 5.88. The van der Waals surface area contributed by atoms with Crippen LogP contribution in [0.2, 0.25) is 0 Å². The molecule has 0 bridgehead atoms. The Bertz CT molecular complexity index is 1110. The van der Waals surface area contributed by atoms with E-state index in [1.165, 1.54) is 22.3 Å². The van der Waals surface area contributed by atoms with Crippen LogP contribution in [0, 0.1) is 0 Å². The maximum atomic E-state index is 13.2. The summed E-state index contributed by atoms with van der Waals surface area (Å²) in [5.74, 6) is 0.855. The van der Waals surface area contributed by atoms with Crippen LogP contribution in [-0.2, 0) is 0 Å². The number of carbonyl (C=O) groups excluding carboxylic acids is 1. The van der Waals surface area contributed by atoms with E-state index in [0.29, 0.717) is 12.2 Å². The first-order valence-electron chi connectivity index (χ1n) is 12.2. The predicted octanol–water partition coefficient (Wildman–Crippen LogP) is 4.54. The molecule has 1 heterocycles. The number of fused-ring (bicyclic) bond motifs is 3. The Morgan fingerprint density at radius 3 is 2.18 bits per heavy atom. The van der Waals surface area contributed by atoms with Crippen molar-refractivity contribution in [1.29, 1.82) is 0 Å². The van der Waals surface area contributed by atoms with Gasteiger partial charge in [-0.2, -0.15) is 0 Å². The second-order valence-corrected chi connectivity index (χ2v) is 9.44. The van der Waals surface area contributed by atoms with Crippen molar-refractivity contribution in [3.05, 3.63) is 89.5 Å². The summed E-state index contributed by atoms with van der Waals surface area (Å²) in [5.41, 5.74) is 6.13. The molecular weight excluding hydrogens is 422 g/mol. The topological polar surface area (TPSA) is 36.0 Å². The summed E-state index contributed by atoms with van der Waals surface area (Å²) in [6, 6.07) is 25.3. The zero-order chi connectivity index (χ0) is 23.5. The summed E-state index contributed by atoms with van der Waals surface area (Å²) in [6.07, 6.45) is 0.959. The van der Waals surface area contributed by atoms with Crippen molar-refractivity contribution in [1.82, 2.24) is 14.7 Å². The van der Waals surface area contributed by atoms with Crippen LogP contribution >= 0.6 is 0 Å². The SMILES string of the molecule is CN(C)CCCOc1cccc(C(=O)N2CCN(C3c4ccccc4-c4ccccc43)CC2)c1. The van der Waals surface area contributed by atoms with Crippen LogP contribution in [0.1, 0.15) is 33.9 Å². The zero-order valence-electron chi connectivity index (χ0n) is 20.1. The number of hydrogen-bond acceptors (Lipinski definition) is 4. The maximum Gasteiger partial charge on any atom is 0.254 e. The number of ether oxygens (including phenoxy) is 1. The third kappa shape index (κ3) is 4.59. The van der Waals surface area contributed by atoms with Gasteiger partial charge in [-0.15, -0.1) is 0 Å². The minimum atomic E-state index is 0.0885. The Morgan fingerprint density at radius 1 is 0.882 bits per heavy atom. The molecule has 5 rings (SSSR count). The van der Waals surface area contributed by atoms with E-state index in [1.54, 1.807) is 0 Å². The van der Waals surface area contributed by atoms with E-state index in [0.717, 1.165) is 44.9 Å². The van der Waals surface area contributed by atoms with Gasteiger partial charge in [-0.1, -0.05) is 54.6 Å². The summed E-state index contributed by atoms with van der Waals surface area (Å²) in [6.45, 7) is 4.82. The van der Waals surface area contributed by atoms with Crippen molar-refractivity contribution >= 4 is 5.91 Å². The average molecular weight is 456 g/mol. The average Bonchev–Trinajstić information content (AvgIpc) is 3.21. The summed E-state index contributed by atoms with van der Waals surface area (Å²) in [4.78, 5) is 19.9. The van der Waals surface area contributed by atoms with Gasteiger partial charge >= 0.3 is 0 Å². The van der Waals surface area contributed by atoms with Gasteiger partial charge in [0.25, 0.3) is 5.91 Å². The van der Waals surface area contributed by atoms with E-state index < -0.39 is 0 Å². The van der Waals surface area contributed by atoms with Crippen LogP contribution in [0.5, 0.6) is 5.75 Å². The van der Waals surface area contributed by atoms with E-state index in [-0.39, 0.29) is 11.9 Å². The fourth-order valence-corrected chi connectivity index (χ4v) is 5.18. The fourth-order valence-electron chi connectivity index (χ4n) is 5.18. The highest BCUT2D eigenvalue weighted by Gasteiger charge is 2.34. The minimum Gasteiger partial charge on any atom is -0.494 e. The van der Waals surface area contributed by atoms with Crippen LogP contribution < -0.4 is 4.74 Å². The van der Waals surface area contributed by atoms with Gasteiger partial charge in [0.1, 0.15) is 5.75 Å². The lowest BCUT2D eigenvalue weighted by Gasteiger charge is -2.38. The number of hydrogen-bond donors (Lipinski definition) is 0. The van der Waals surface area contributed by atoms with E-state index in [4.69, 9.17) is 4.74 Å². The lowest BCUT2D eigenvalue weighted by atomic mass is 10.0. The maximum absolute atomic E-state index is 13.2. The van der Waals surface area contributed by atoms with Crippen molar-refractivity contribution in [2.75, 3.05) is 53.4 Å². The lowest BCUT2D eigenvalue weighted by molar-refractivity contribution is 0.0599. The molecule has 0 unspecified atom stereocenters. The molecule has 5 heteroatoms. The van der Waals surface area contributed by atoms with Gasteiger partial charge in [0.2, 0.25) is 0 Å². The lowest BCUT2D eigenvalue weighted by Crippen LogP contribution is -2.49. The number of amides is 1. The quantitative estimate of drug-likeness (QED) is 0.490. The van der Waals surface area contributed by atoms with Crippen molar-refractivity contribution in [3.63, 3.8) is 0 Å². The summed E-state index contributed by atoms with van der Waals surface area (Å²) >= 11 is 0. The molecule has 5 nitrogen and oxygen atoms in total. The van der Waals surface area contributed by atoms with Gasteiger partial charge < -0.3 is 14.5 Å². The van der Waals surface area contributed by atoms with Crippen molar-refractivity contribution in [3.8, 4) is 16.9 Å². The first-order valence-corrected chi connectivity index (χ1v) is 12.2. The van der Waals surface area contributed by atoms with Crippen LogP contribution in [0.3, 0.4) is 0 Å². The van der Waals surface area contributed by atoms with E-state index in [9.17, 15) is 4.79 Å². The molecule has 0 spiro atoms. The Kier molecular flexibility index (Phi) is 6.66. The molecule has 1 aliphatic carbocycles. The number of carbonyl (C=O) groups is 1. The molecule has 0 saturated carbocycles. The summed E-state index contributed by atoms with van der Waals surface area (Å²) in [5, 5.41) is 0. The molecule has 34 heavy (non-hydrogen) atoms. The molecule has 1 saturated heterocycles. The van der Waals surface area contributed by atoms with Crippen molar-refractivity contribution < 1.29 is 9.53 Å². The Hall–Kier alpha value is -3.15. The monoisotopic (exact) mass is 455 g/mol. The molecule has 0 aromatic heterocycles. The highest BCUT2D eigenvalue weighted by atomic mass is 16.5. The third-order valence-corrected chi connectivity index (χ3v) is 6.87. The second kappa shape index (κ2) is 10.00. The van der Waals surface area contributed by atoms with Gasteiger partial charge in [0.05, 0.1) is 12.6 Å². The van der Waals surface area contributed by atoms with Crippen LogP contribution in [0.15, 0.2) is 72.8 Å². The largest absolute Gasteiger partial charge is 0.494 e. The molecule has 3 aromatic carbocycles. The second-order valence-electron chi connectivity index (χ2n) is 9.44. The van der Waals surface area contributed by atoms with Gasteiger partial charge in [0, 0.05) is 38.3 Å². The van der Waals surface area contributed by atoms with Crippen LogP contribution in [0.4, 0.5) is 0 Å². The van der Waals surface area contributed by atoms with Gasteiger partial charge in [0.15, 0.2) is 0 Å². The van der Waals surface area contributed by atoms with E-state index in [1.807, 2.05) is 29.2 Å². The fraction of sp³-hybridized carbons (Fsp3) is 0.345. The molecule has 1 fully saturated rings. The smallest absolute Gasteiger partial charge is 0.254 e. The van der Waals surface area contributed by atoms with E-state index >= 15 is 0 Å². The standard InChI is InChI=1S/C29H33N3O2/c1-30(2)15-8-20-34-23-10-7-9-22(21-23)29(33)32-18-16-31(17-19-32)28-26-13-5-3-11-24(26)25-12-4-6-14-27(25)28/h3-7,9-14,21,28H,8,15-20H2,1-2H3. The van der Waals surface area contributed by atoms with E-state index in [2.05, 4.69) is 72.4 Å². The van der Waals surface area contributed by atoms with Gasteiger partial charge in [-0.05, 0) is 61.0 Å². The molecule has 1 amide bonds. The molecule has 1 aliphatic heterocycles. The van der Waals surface area contributed by atoms with Gasteiger partial charge in [-0.3, -0.25) is 9.69 Å². The Labute approximate surface area is 202 Å². The zero-order valence-corrected chi connectivity index (χ0v) is 20.1. The van der Waals surface area contributed by atoms with Crippen LogP contribution in [0.25, 0.3) is 11.1 Å². The van der Waals surface area contributed by atoms with Crippen LogP contribution in [-0.4, -0.2) is 74.0 Å². The molecule has 176 valence electrons. The highest BCUT2D eigenvalue weighted by molar-refractivity contribution is 5.94. The molecule has 0 N–H and O–H groups in total. The molecule has 3 aromatic rings. The minimum absolute atomic E-state index is 0.0885. The first kappa shape index (κ1) is 22.6. The molecule has 0 atom stereocenters. The molecule has 0 radical (unpaired) electrons. The Balaban J connectivity index is 1.23. The molecule has 2 aliphatic rings. The number of benzene rings is 3. The molecular formula is C29H33N3O2. The summed E-state index contributed by atoms with van der Waals surface area (Å²) in [7, 11) is 4.12. The highest BCUT2D eigenvalue weighted by Crippen LogP contribution is 2.46. The Morgan fingerprint density at radius 2 is 1.53 bits per heavy atom. The predicted molar refractivity (Wildman–Crippen MR) is 136 cm³/mol. The van der Waals surface area contributed by atoms with Gasteiger partial charge in [-0.25, -0.2) is 0 Å². The number of rotatable bonds is 7. The normalized spacial score (nSPS) is 15.9. The van der Waals surface area contributed by atoms with Crippen molar-refractivity contribution in [2.45, 2.75) is 12.5 Å². The first-order chi connectivity index (χ1) is 16.6.